The number of hydrogen-bond acceptors (Lipinski definition) is 3. The van der Waals surface area contributed by atoms with Crippen molar-refractivity contribution in [3.8, 4) is 0 Å². The highest BCUT2D eigenvalue weighted by molar-refractivity contribution is 7.99. The third-order valence-corrected chi connectivity index (χ3v) is 5.09. The molecule has 2 aliphatic heterocycles. The standard InChI is InChI=1S/C14H28N2S/c1-12(16-13-6-9-17-10-7-13)11-14-5-3-2-4-8-15-14/h12-16H,2-11H2,1H3. The lowest BCUT2D eigenvalue weighted by molar-refractivity contribution is 0.359. The molecule has 0 spiro atoms. The average Bonchev–Trinajstić information content (AvgIpc) is 2.59. The van der Waals surface area contributed by atoms with Gasteiger partial charge in [-0.1, -0.05) is 12.8 Å². The van der Waals surface area contributed by atoms with Crippen molar-refractivity contribution >= 4 is 11.8 Å². The molecule has 0 radical (unpaired) electrons. The van der Waals surface area contributed by atoms with Crippen LogP contribution in [0.5, 0.6) is 0 Å². The summed E-state index contributed by atoms with van der Waals surface area (Å²) in [6.07, 6.45) is 9.64. The average molecular weight is 256 g/mol. The van der Waals surface area contributed by atoms with Gasteiger partial charge in [0.2, 0.25) is 0 Å². The lowest BCUT2D eigenvalue weighted by Crippen LogP contribution is -2.42. The van der Waals surface area contributed by atoms with Crippen LogP contribution in [0.2, 0.25) is 0 Å². The van der Waals surface area contributed by atoms with Crippen LogP contribution < -0.4 is 10.6 Å². The Hall–Kier alpha value is 0.270. The van der Waals surface area contributed by atoms with Crippen LogP contribution in [0.15, 0.2) is 0 Å². The molecule has 2 unspecified atom stereocenters. The van der Waals surface area contributed by atoms with Crippen molar-refractivity contribution in [1.29, 1.82) is 0 Å². The second-order valence-corrected chi connectivity index (χ2v) is 6.92. The Morgan fingerprint density at radius 2 is 2.00 bits per heavy atom. The topological polar surface area (TPSA) is 24.1 Å². The Morgan fingerprint density at radius 1 is 1.18 bits per heavy atom. The molecule has 0 aromatic heterocycles. The molecule has 2 saturated heterocycles. The number of rotatable bonds is 4. The first-order chi connectivity index (χ1) is 8.34. The molecule has 0 saturated carbocycles. The van der Waals surface area contributed by atoms with Gasteiger partial charge in [-0.05, 0) is 57.1 Å². The van der Waals surface area contributed by atoms with Crippen molar-refractivity contribution in [2.75, 3.05) is 18.1 Å². The molecular formula is C14H28N2S. The van der Waals surface area contributed by atoms with Crippen molar-refractivity contribution < 1.29 is 0 Å². The maximum Gasteiger partial charge on any atom is 0.00852 e. The third-order valence-electron chi connectivity index (χ3n) is 4.04. The van der Waals surface area contributed by atoms with E-state index in [0.717, 1.165) is 12.1 Å². The highest BCUT2D eigenvalue weighted by Crippen LogP contribution is 2.18. The van der Waals surface area contributed by atoms with E-state index in [-0.39, 0.29) is 0 Å². The fourth-order valence-electron chi connectivity index (χ4n) is 3.06. The smallest absolute Gasteiger partial charge is 0.00852 e. The fourth-order valence-corrected chi connectivity index (χ4v) is 4.17. The van der Waals surface area contributed by atoms with Crippen molar-refractivity contribution in [1.82, 2.24) is 10.6 Å². The minimum absolute atomic E-state index is 0.679. The van der Waals surface area contributed by atoms with E-state index in [1.165, 1.54) is 63.0 Å². The molecule has 2 rings (SSSR count). The summed E-state index contributed by atoms with van der Waals surface area (Å²) in [5.74, 6) is 2.71. The quantitative estimate of drug-likeness (QED) is 0.809. The second-order valence-electron chi connectivity index (χ2n) is 5.69. The minimum atomic E-state index is 0.679. The monoisotopic (exact) mass is 256 g/mol. The highest BCUT2D eigenvalue weighted by Gasteiger charge is 2.19. The van der Waals surface area contributed by atoms with E-state index in [2.05, 4.69) is 29.3 Å². The molecular weight excluding hydrogens is 228 g/mol. The molecule has 0 amide bonds. The minimum Gasteiger partial charge on any atom is -0.314 e. The predicted molar refractivity (Wildman–Crippen MR) is 77.8 cm³/mol. The van der Waals surface area contributed by atoms with E-state index in [1.807, 2.05) is 0 Å². The maximum atomic E-state index is 3.83. The molecule has 2 aliphatic rings. The lowest BCUT2D eigenvalue weighted by Gasteiger charge is -2.28. The first-order valence-corrected chi connectivity index (χ1v) is 8.57. The molecule has 2 nitrogen and oxygen atoms in total. The second kappa shape index (κ2) is 7.65. The van der Waals surface area contributed by atoms with Gasteiger partial charge in [0.15, 0.2) is 0 Å². The third kappa shape index (κ3) is 5.19. The zero-order chi connectivity index (χ0) is 11.9. The Kier molecular flexibility index (Phi) is 6.16. The lowest BCUT2D eigenvalue weighted by atomic mass is 10.0. The van der Waals surface area contributed by atoms with Crippen LogP contribution in [0, 0.1) is 0 Å². The summed E-state index contributed by atoms with van der Waals surface area (Å²) >= 11 is 2.11. The summed E-state index contributed by atoms with van der Waals surface area (Å²) in [6.45, 7) is 3.60. The SMILES string of the molecule is CC(CC1CCCCCN1)NC1CCSCC1. The molecule has 3 heteroatoms. The van der Waals surface area contributed by atoms with E-state index >= 15 is 0 Å². The summed E-state index contributed by atoms with van der Waals surface area (Å²) in [5.41, 5.74) is 0. The number of hydrogen-bond donors (Lipinski definition) is 2. The molecule has 2 heterocycles. The van der Waals surface area contributed by atoms with Crippen LogP contribution in [0.1, 0.15) is 51.9 Å². The van der Waals surface area contributed by atoms with Crippen molar-refractivity contribution in [3.63, 3.8) is 0 Å². The summed E-state index contributed by atoms with van der Waals surface area (Å²) in [7, 11) is 0. The molecule has 17 heavy (non-hydrogen) atoms. The van der Waals surface area contributed by atoms with Gasteiger partial charge < -0.3 is 10.6 Å². The Balaban J connectivity index is 1.66. The molecule has 0 aromatic rings. The first kappa shape index (κ1) is 13.7. The number of thioether (sulfide) groups is 1. The molecule has 100 valence electrons. The summed E-state index contributed by atoms with van der Waals surface area (Å²) in [4.78, 5) is 0. The van der Waals surface area contributed by atoms with E-state index in [9.17, 15) is 0 Å². The van der Waals surface area contributed by atoms with Gasteiger partial charge in [0.1, 0.15) is 0 Å². The molecule has 2 atom stereocenters. The Labute approximate surface area is 111 Å². The zero-order valence-corrected chi connectivity index (χ0v) is 12.0. The summed E-state index contributed by atoms with van der Waals surface area (Å²) in [6, 6.07) is 2.23. The number of nitrogens with one attached hydrogen (secondary N) is 2. The Bertz CT molecular complexity index is 196. The summed E-state index contributed by atoms with van der Waals surface area (Å²) < 4.78 is 0. The summed E-state index contributed by atoms with van der Waals surface area (Å²) in [5, 5.41) is 7.54. The van der Waals surface area contributed by atoms with Crippen LogP contribution in [0.3, 0.4) is 0 Å². The molecule has 0 aliphatic carbocycles. The van der Waals surface area contributed by atoms with Gasteiger partial charge in [-0.3, -0.25) is 0 Å². The molecule has 0 aromatic carbocycles. The van der Waals surface area contributed by atoms with E-state index in [1.54, 1.807) is 0 Å². The normalized spacial score (nSPS) is 29.8. The molecule has 2 fully saturated rings. The van der Waals surface area contributed by atoms with Crippen LogP contribution in [0.4, 0.5) is 0 Å². The maximum absolute atomic E-state index is 3.83. The van der Waals surface area contributed by atoms with Crippen LogP contribution >= 0.6 is 11.8 Å². The van der Waals surface area contributed by atoms with E-state index < -0.39 is 0 Å². The van der Waals surface area contributed by atoms with Crippen molar-refractivity contribution in [2.45, 2.75) is 70.0 Å². The molecule has 0 bridgehead atoms. The first-order valence-electron chi connectivity index (χ1n) is 7.42. The van der Waals surface area contributed by atoms with Gasteiger partial charge in [-0.2, -0.15) is 11.8 Å². The van der Waals surface area contributed by atoms with Crippen LogP contribution in [0.25, 0.3) is 0 Å². The predicted octanol–water partition coefficient (Wildman–Crippen LogP) is 2.78. The Morgan fingerprint density at radius 3 is 2.82 bits per heavy atom. The highest BCUT2D eigenvalue weighted by atomic mass is 32.2. The van der Waals surface area contributed by atoms with Crippen molar-refractivity contribution in [2.24, 2.45) is 0 Å². The fraction of sp³-hybridized carbons (Fsp3) is 1.00. The zero-order valence-electron chi connectivity index (χ0n) is 11.2. The largest absolute Gasteiger partial charge is 0.314 e. The van der Waals surface area contributed by atoms with E-state index in [4.69, 9.17) is 0 Å². The van der Waals surface area contributed by atoms with Crippen LogP contribution in [-0.2, 0) is 0 Å². The van der Waals surface area contributed by atoms with Gasteiger partial charge in [0.25, 0.3) is 0 Å². The van der Waals surface area contributed by atoms with Crippen LogP contribution in [-0.4, -0.2) is 36.2 Å². The van der Waals surface area contributed by atoms with Crippen molar-refractivity contribution in [3.05, 3.63) is 0 Å². The van der Waals surface area contributed by atoms with E-state index in [0.29, 0.717) is 6.04 Å². The van der Waals surface area contributed by atoms with Gasteiger partial charge >= 0.3 is 0 Å². The van der Waals surface area contributed by atoms with Gasteiger partial charge in [-0.15, -0.1) is 0 Å². The van der Waals surface area contributed by atoms with Gasteiger partial charge in [0, 0.05) is 18.1 Å². The molecule has 2 N–H and O–H groups in total. The van der Waals surface area contributed by atoms with Gasteiger partial charge in [0.05, 0.1) is 0 Å². The van der Waals surface area contributed by atoms with Gasteiger partial charge in [-0.25, -0.2) is 0 Å².